The van der Waals surface area contributed by atoms with Gasteiger partial charge in [0.2, 0.25) is 0 Å². The summed E-state index contributed by atoms with van der Waals surface area (Å²) in [5, 5.41) is 6.29. The molecule has 1 amide bonds. The zero-order chi connectivity index (χ0) is 15.7. The molecule has 2 aromatic rings. The Morgan fingerprint density at radius 3 is 2.82 bits per heavy atom. The van der Waals surface area contributed by atoms with Crippen molar-refractivity contribution in [2.45, 2.75) is 26.4 Å². The first-order valence-corrected chi connectivity index (χ1v) is 7.40. The second-order valence-electron chi connectivity index (χ2n) is 5.67. The van der Waals surface area contributed by atoms with E-state index in [1.807, 2.05) is 30.3 Å². The topological polar surface area (TPSA) is 50.4 Å². The Bertz CT molecular complexity index is 725. The maximum absolute atomic E-state index is 11.8. The highest BCUT2D eigenvalue weighted by molar-refractivity contribution is 5.99. The van der Waals surface area contributed by atoms with Crippen molar-refractivity contribution in [3.63, 3.8) is 0 Å². The second kappa shape index (κ2) is 5.72. The van der Waals surface area contributed by atoms with E-state index in [9.17, 15) is 4.79 Å². The number of carbonyl (C=O) groups is 1. The first-order chi connectivity index (χ1) is 10.6. The Labute approximate surface area is 130 Å². The Balaban J connectivity index is 1.86. The molecule has 1 heterocycles. The van der Waals surface area contributed by atoms with Crippen LogP contribution in [-0.2, 0) is 6.54 Å². The minimum atomic E-state index is -0.000519. The molecule has 4 nitrogen and oxygen atoms in total. The fraction of sp³-hybridized carbons (Fsp3) is 0.278. The van der Waals surface area contributed by atoms with Gasteiger partial charge in [-0.3, -0.25) is 4.79 Å². The molecule has 0 aromatic heterocycles. The quantitative estimate of drug-likeness (QED) is 0.909. The number of anilines is 1. The molecule has 0 saturated carbocycles. The second-order valence-corrected chi connectivity index (χ2v) is 5.67. The molecule has 1 atom stereocenters. The number of aryl methyl sites for hydroxylation is 1. The van der Waals surface area contributed by atoms with Gasteiger partial charge in [-0.1, -0.05) is 23.8 Å². The van der Waals surface area contributed by atoms with Crippen LogP contribution in [0.25, 0.3) is 0 Å². The van der Waals surface area contributed by atoms with Gasteiger partial charge >= 0.3 is 0 Å². The van der Waals surface area contributed by atoms with Gasteiger partial charge in [0.15, 0.2) is 0 Å². The highest BCUT2D eigenvalue weighted by atomic mass is 16.5. The van der Waals surface area contributed by atoms with Crippen LogP contribution in [0.3, 0.4) is 0 Å². The summed E-state index contributed by atoms with van der Waals surface area (Å²) in [6, 6.07) is 12.1. The Morgan fingerprint density at radius 2 is 2.05 bits per heavy atom. The fourth-order valence-corrected chi connectivity index (χ4v) is 2.82. The van der Waals surface area contributed by atoms with Crippen molar-refractivity contribution >= 4 is 11.6 Å². The van der Waals surface area contributed by atoms with Crippen LogP contribution in [-0.4, -0.2) is 13.0 Å². The van der Waals surface area contributed by atoms with Gasteiger partial charge in [-0.15, -0.1) is 0 Å². The van der Waals surface area contributed by atoms with Crippen LogP contribution >= 0.6 is 0 Å². The van der Waals surface area contributed by atoms with E-state index >= 15 is 0 Å². The number of ether oxygens (including phenoxy) is 1. The lowest BCUT2D eigenvalue weighted by molar-refractivity contribution is 0.0966. The number of carbonyl (C=O) groups excluding carboxylic acids is 1. The first-order valence-electron chi connectivity index (χ1n) is 7.40. The molecule has 0 bridgehead atoms. The fourth-order valence-electron chi connectivity index (χ4n) is 2.82. The summed E-state index contributed by atoms with van der Waals surface area (Å²) >= 11 is 0. The van der Waals surface area contributed by atoms with Gasteiger partial charge in [-0.2, -0.15) is 0 Å². The number of hydrogen-bond acceptors (Lipinski definition) is 3. The maximum atomic E-state index is 11.8. The van der Waals surface area contributed by atoms with E-state index in [0.29, 0.717) is 6.54 Å². The summed E-state index contributed by atoms with van der Waals surface area (Å²) in [6.45, 7) is 4.77. The third-order valence-corrected chi connectivity index (χ3v) is 4.03. The van der Waals surface area contributed by atoms with E-state index in [4.69, 9.17) is 4.74 Å². The van der Waals surface area contributed by atoms with Crippen LogP contribution in [0.15, 0.2) is 36.4 Å². The number of nitrogens with one attached hydrogen (secondary N) is 2. The molecule has 1 aliphatic heterocycles. The van der Waals surface area contributed by atoms with Gasteiger partial charge in [0.05, 0.1) is 13.2 Å². The molecule has 0 radical (unpaired) electrons. The van der Waals surface area contributed by atoms with Gasteiger partial charge in [-0.25, -0.2) is 0 Å². The number of fused-ring (bicyclic) bond motifs is 1. The zero-order valence-electron chi connectivity index (χ0n) is 13.1. The molecule has 4 heteroatoms. The van der Waals surface area contributed by atoms with Gasteiger partial charge in [0, 0.05) is 23.4 Å². The molecular weight excluding hydrogens is 276 g/mol. The van der Waals surface area contributed by atoms with Gasteiger partial charge in [0.25, 0.3) is 5.91 Å². The number of rotatable bonds is 4. The number of methoxy groups -OCH3 is 1. The van der Waals surface area contributed by atoms with Gasteiger partial charge in [0.1, 0.15) is 5.75 Å². The van der Waals surface area contributed by atoms with Crippen LogP contribution in [0.4, 0.5) is 5.69 Å². The van der Waals surface area contributed by atoms with Crippen molar-refractivity contribution in [2.75, 3.05) is 12.4 Å². The lowest BCUT2D eigenvalue weighted by Crippen LogP contribution is -2.13. The lowest BCUT2D eigenvalue weighted by Gasteiger charge is -2.19. The predicted molar refractivity (Wildman–Crippen MR) is 87.4 cm³/mol. The molecule has 3 rings (SSSR count). The smallest absolute Gasteiger partial charge is 0.251 e. The van der Waals surface area contributed by atoms with E-state index in [1.165, 1.54) is 5.56 Å². The summed E-state index contributed by atoms with van der Waals surface area (Å²) in [5.41, 5.74) is 5.04. The van der Waals surface area contributed by atoms with Crippen LogP contribution in [0.2, 0.25) is 0 Å². The summed E-state index contributed by atoms with van der Waals surface area (Å²) in [5.74, 6) is 0.865. The standard InChI is InChI=1S/C18H20N2O2/c1-11-4-7-17(22-3)15(8-11)12(2)20-14-6-5-13-10-19-18(21)16(13)9-14/h4-9,12,20H,10H2,1-3H3,(H,19,21)/t12-/m1/s1. The van der Waals surface area contributed by atoms with Crippen LogP contribution in [0.1, 0.15) is 40.0 Å². The Hall–Kier alpha value is -2.49. The lowest BCUT2D eigenvalue weighted by atomic mass is 10.0. The van der Waals surface area contributed by atoms with Crippen LogP contribution < -0.4 is 15.4 Å². The molecule has 0 spiro atoms. The van der Waals surface area contributed by atoms with Crippen molar-refractivity contribution in [1.29, 1.82) is 0 Å². The maximum Gasteiger partial charge on any atom is 0.251 e. The third kappa shape index (κ3) is 2.64. The summed E-state index contributed by atoms with van der Waals surface area (Å²) < 4.78 is 5.45. The largest absolute Gasteiger partial charge is 0.496 e. The molecule has 0 unspecified atom stereocenters. The highest BCUT2D eigenvalue weighted by Gasteiger charge is 2.19. The molecule has 0 aliphatic carbocycles. The number of amides is 1. The van der Waals surface area contributed by atoms with Crippen molar-refractivity contribution < 1.29 is 9.53 Å². The monoisotopic (exact) mass is 296 g/mol. The Morgan fingerprint density at radius 1 is 1.23 bits per heavy atom. The number of hydrogen-bond donors (Lipinski definition) is 2. The van der Waals surface area contributed by atoms with Gasteiger partial charge < -0.3 is 15.4 Å². The van der Waals surface area contributed by atoms with Crippen LogP contribution in [0.5, 0.6) is 5.75 Å². The average molecular weight is 296 g/mol. The summed E-state index contributed by atoms with van der Waals surface area (Å²) in [4.78, 5) is 11.8. The van der Waals surface area contributed by atoms with E-state index in [1.54, 1.807) is 7.11 Å². The third-order valence-electron chi connectivity index (χ3n) is 4.03. The van der Waals surface area contributed by atoms with E-state index in [0.717, 1.165) is 28.1 Å². The highest BCUT2D eigenvalue weighted by Crippen LogP contribution is 2.29. The van der Waals surface area contributed by atoms with Crippen molar-refractivity contribution in [3.8, 4) is 5.75 Å². The summed E-state index contributed by atoms with van der Waals surface area (Å²) in [7, 11) is 1.68. The molecule has 2 N–H and O–H groups in total. The van der Waals surface area contributed by atoms with Crippen molar-refractivity contribution in [3.05, 3.63) is 58.7 Å². The van der Waals surface area contributed by atoms with Crippen LogP contribution in [0, 0.1) is 6.92 Å². The first kappa shape index (κ1) is 14.4. The van der Waals surface area contributed by atoms with Crippen molar-refractivity contribution in [2.24, 2.45) is 0 Å². The number of benzene rings is 2. The van der Waals surface area contributed by atoms with E-state index in [-0.39, 0.29) is 11.9 Å². The average Bonchev–Trinajstić information content (AvgIpc) is 2.88. The zero-order valence-corrected chi connectivity index (χ0v) is 13.1. The molecule has 1 aliphatic rings. The molecule has 22 heavy (non-hydrogen) atoms. The molecule has 0 saturated heterocycles. The molecule has 2 aromatic carbocycles. The SMILES string of the molecule is COc1ccc(C)cc1[C@@H](C)Nc1ccc2c(c1)C(=O)NC2. The van der Waals surface area contributed by atoms with Crippen molar-refractivity contribution in [1.82, 2.24) is 5.32 Å². The van der Waals surface area contributed by atoms with E-state index < -0.39 is 0 Å². The molecular formula is C18H20N2O2. The van der Waals surface area contributed by atoms with E-state index in [2.05, 4.69) is 30.5 Å². The normalized spacial score (nSPS) is 14.2. The summed E-state index contributed by atoms with van der Waals surface area (Å²) in [6.07, 6.45) is 0. The Kier molecular flexibility index (Phi) is 3.75. The molecule has 0 fully saturated rings. The molecule has 114 valence electrons. The minimum absolute atomic E-state index is 0.000519. The minimum Gasteiger partial charge on any atom is -0.496 e. The predicted octanol–water partition coefficient (Wildman–Crippen LogP) is 3.42. The van der Waals surface area contributed by atoms with Gasteiger partial charge in [-0.05, 0) is 37.6 Å².